The number of rotatable bonds is 11. The number of hydrogen-bond donors (Lipinski definition) is 2. The van der Waals surface area contributed by atoms with Gasteiger partial charge in [-0.1, -0.05) is 26.8 Å². The van der Waals surface area contributed by atoms with Gasteiger partial charge in [0.2, 0.25) is 18.2 Å². The number of amides is 3. The normalized spacial score (nSPS) is 17.6. The van der Waals surface area contributed by atoms with Gasteiger partial charge in [0.05, 0.1) is 30.8 Å². The van der Waals surface area contributed by atoms with Gasteiger partial charge in [-0.2, -0.15) is 0 Å². The molecule has 2 aliphatic heterocycles. The van der Waals surface area contributed by atoms with Crippen LogP contribution in [0.3, 0.4) is 0 Å². The standard InChI is InChI=1S/C17H32N4O3.C9H9FO.C5H12O.C4H7NO2/c1-17(2,3)16(24)21(10-12(11-22)19-4)9-8-13-6-7-14(15(18)23)20(13)5;10-8-4-3-7-2-1-5-11-9(7)6-8;1-5(2,3)6-4;1-5(4-7)2-3-6/h11-14,19H,6-10H2,1-5H3,(H2,18,23);3-4,6H,1-2,5H2;1-4H3;3-4H,2H2,1H3. The van der Waals surface area contributed by atoms with Crippen LogP contribution < -0.4 is 15.8 Å². The zero-order chi connectivity index (χ0) is 37.1. The number of nitrogens with two attached hydrogens (primary N) is 1. The van der Waals surface area contributed by atoms with Gasteiger partial charge in [-0.15, -0.1) is 0 Å². The number of fused-ring (bicyclic) bond motifs is 1. The summed E-state index contributed by atoms with van der Waals surface area (Å²) in [5, 5.41) is 2.91. The first-order valence-corrected chi connectivity index (χ1v) is 16.3. The molecule has 3 unspecified atom stereocenters. The van der Waals surface area contributed by atoms with Crippen LogP contribution in [-0.4, -0.2) is 124 Å². The number of benzene rings is 1. The van der Waals surface area contributed by atoms with Gasteiger partial charge in [-0.05, 0) is 78.6 Å². The second-order valence-corrected chi connectivity index (χ2v) is 13.9. The summed E-state index contributed by atoms with van der Waals surface area (Å²) >= 11 is 0. The first-order valence-electron chi connectivity index (χ1n) is 16.3. The summed E-state index contributed by atoms with van der Waals surface area (Å²) in [6.07, 6.45) is 6.57. The van der Waals surface area contributed by atoms with Crippen LogP contribution in [0.15, 0.2) is 18.2 Å². The number of ether oxygens (including phenoxy) is 2. The van der Waals surface area contributed by atoms with Gasteiger partial charge in [0.15, 0.2) is 0 Å². The highest BCUT2D eigenvalue weighted by atomic mass is 19.1. The average molecular weight is 682 g/mol. The predicted molar refractivity (Wildman–Crippen MR) is 185 cm³/mol. The van der Waals surface area contributed by atoms with Crippen LogP contribution in [0.5, 0.6) is 5.75 Å². The highest BCUT2D eigenvalue weighted by molar-refractivity contribution is 5.82. The zero-order valence-electron chi connectivity index (χ0n) is 30.7. The molecular formula is C35H60FN5O7. The van der Waals surface area contributed by atoms with E-state index in [-0.39, 0.29) is 47.9 Å². The molecule has 3 N–H and O–H groups in total. The molecule has 0 bridgehead atoms. The Labute approximate surface area is 286 Å². The molecule has 1 fully saturated rings. The summed E-state index contributed by atoms with van der Waals surface area (Å²) in [7, 11) is 6.87. The van der Waals surface area contributed by atoms with E-state index in [4.69, 9.17) is 15.2 Å². The fourth-order valence-electron chi connectivity index (χ4n) is 4.67. The maximum atomic E-state index is 12.7. The van der Waals surface area contributed by atoms with E-state index in [0.29, 0.717) is 25.8 Å². The molecule has 3 rings (SSSR count). The summed E-state index contributed by atoms with van der Waals surface area (Å²) in [4.78, 5) is 59.5. The van der Waals surface area contributed by atoms with Crippen molar-refractivity contribution < 1.29 is 37.8 Å². The van der Waals surface area contributed by atoms with Crippen molar-refractivity contribution in [2.75, 3.05) is 54.5 Å². The van der Waals surface area contributed by atoms with Gasteiger partial charge in [-0.3, -0.25) is 19.3 Å². The maximum Gasteiger partial charge on any atom is 0.234 e. The second kappa shape index (κ2) is 22.3. The first-order chi connectivity index (χ1) is 22.3. The molecule has 0 aliphatic carbocycles. The van der Waals surface area contributed by atoms with Gasteiger partial charge in [0, 0.05) is 44.8 Å². The van der Waals surface area contributed by atoms with E-state index in [2.05, 4.69) is 5.32 Å². The van der Waals surface area contributed by atoms with Crippen LogP contribution in [0.25, 0.3) is 0 Å². The third-order valence-electron chi connectivity index (χ3n) is 7.81. The van der Waals surface area contributed by atoms with Gasteiger partial charge in [0.25, 0.3) is 0 Å². The van der Waals surface area contributed by atoms with E-state index >= 15 is 0 Å². The van der Waals surface area contributed by atoms with Crippen LogP contribution in [0, 0.1) is 11.2 Å². The van der Waals surface area contributed by atoms with E-state index in [1.54, 1.807) is 32.2 Å². The fourth-order valence-corrected chi connectivity index (χ4v) is 4.67. The average Bonchev–Trinajstić information content (AvgIpc) is 3.41. The van der Waals surface area contributed by atoms with Crippen LogP contribution in [0.1, 0.15) is 72.8 Å². The maximum absolute atomic E-state index is 12.7. The molecule has 0 radical (unpaired) electrons. The summed E-state index contributed by atoms with van der Waals surface area (Å²) in [6.45, 7) is 13.5. The highest BCUT2D eigenvalue weighted by Gasteiger charge is 2.35. The molecule has 12 nitrogen and oxygen atoms in total. The Morgan fingerprint density at radius 3 is 2.23 bits per heavy atom. The van der Waals surface area contributed by atoms with Gasteiger partial charge in [0.1, 0.15) is 24.1 Å². The molecular weight excluding hydrogens is 621 g/mol. The molecule has 274 valence electrons. The van der Waals surface area contributed by atoms with Crippen molar-refractivity contribution in [1.29, 1.82) is 0 Å². The third-order valence-corrected chi connectivity index (χ3v) is 7.81. The molecule has 1 saturated heterocycles. The van der Waals surface area contributed by atoms with Crippen molar-refractivity contribution in [3.63, 3.8) is 0 Å². The molecule has 2 heterocycles. The summed E-state index contributed by atoms with van der Waals surface area (Å²) in [5.74, 6) is 0.234. The molecule has 0 aromatic heterocycles. The number of likely N-dealkylation sites (N-methyl/N-ethyl adjacent to an activating group) is 3. The van der Waals surface area contributed by atoms with Crippen molar-refractivity contribution in [2.45, 2.75) is 97.4 Å². The Kier molecular flexibility index (Phi) is 20.7. The zero-order valence-corrected chi connectivity index (χ0v) is 30.7. The number of hydrogen-bond acceptors (Lipinski definition) is 9. The number of carbonyl (C=O) groups excluding carboxylic acids is 5. The molecule has 48 heavy (non-hydrogen) atoms. The number of halogens is 1. The summed E-state index contributed by atoms with van der Waals surface area (Å²) < 4.78 is 22.8. The SMILES string of the molecule is CN(C=O)CC=O.CNC(C=O)CN(CCC1CCC(C(N)=O)N1C)C(=O)C(C)(C)C.COC(C)(C)C.Fc1ccc2c(c1)OCCC2. The number of aryl methyl sites for hydroxylation is 1. The monoisotopic (exact) mass is 681 g/mol. The third kappa shape index (κ3) is 17.7. The van der Waals surface area contributed by atoms with E-state index < -0.39 is 5.41 Å². The van der Waals surface area contributed by atoms with E-state index in [1.165, 1.54) is 17.0 Å². The van der Waals surface area contributed by atoms with Crippen molar-refractivity contribution >= 4 is 30.8 Å². The Balaban J connectivity index is 0.000000747. The number of methoxy groups -OCH3 is 1. The number of aldehydes is 2. The minimum Gasteiger partial charge on any atom is -0.493 e. The fraction of sp³-hybridized carbons (Fsp3) is 0.686. The smallest absolute Gasteiger partial charge is 0.234 e. The first kappa shape index (κ1) is 44.6. The predicted octanol–water partition coefficient (Wildman–Crippen LogP) is 2.84. The van der Waals surface area contributed by atoms with Gasteiger partial charge < -0.3 is 39.9 Å². The minimum atomic E-state index is -0.501. The largest absolute Gasteiger partial charge is 0.493 e. The topological polar surface area (TPSA) is 152 Å². The van der Waals surface area contributed by atoms with E-state index in [1.807, 2.05) is 53.5 Å². The second-order valence-electron chi connectivity index (χ2n) is 13.9. The molecule has 0 saturated carbocycles. The Bertz CT molecular complexity index is 1140. The van der Waals surface area contributed by atoms with Gasteiger partial charge in [-0.25, -0.2) is 4.39 Å². The number of primary amides is 1. The Hall–Kier alpha value is -3.42. The molecule has 3 amide bonds. The highest BCUT2D eigenvalue weighted by Crippen LogP contribution is 2.26. The minimum absolute atomic E-state index is 0.0247. The van der Waals surface area contributed by atoms with E-state index in [9.17, 15) is 28.4 Å². The van der Waals surface area contributed by atoms with Crippen molar-refractivity contribution in [3.05, 3.63) is 29.6 Å². The number of nitrogens with one attached hydrogen (secondary N) is 1. The van der Waals surface area contributed by atoms with Crippen molar-refractivity contribution in [1.82, 2.24) is 20.0 Å². The van der Waals surface area contributed by atoms with Gasteiger partial charge >= 0.3 is 0 Å². The van der Waals surface area contributed by atoms with Crippen molar-refractivity contribution in [2.24, 2.45) is 11.1 Å². The number of nitrogens with zero attached hydrogens (tertiary/aromatic N) is 3. The lowest BCUT2D eigenvalue weighted by Gasteiger charge is -2.33. The Morgan fingerprint density at radius 1 is 1.17 bits per heavy atom. The molecule has 13 heteroatoms. The van der Waals surface area contributed by atoms with Crippen LogP contribution in [0.4, 0.5) is 4.39 Å². The quantitative estimate of drug-likeness (QED) is 0.336. The lowest BCUT2D eigenvalue weighted by Crippen LogP contribution is -2.49. The molecule has 0 spiro atoms. The Morgan fingerprint density at radius 2 is 1.79 bits per heavy atom. The summed E-state index contributed by atoms with van der Waals surface area (Å²) in [5.41, 5.74) is 6.08. The molecule has 1 aromatic rings. The summed E-state index contributed by atoms with van der Waals surface area (Å²) in [6, 6.07) is 4.35. The van der Waals surface area contributed by atoms with Crippen LogP contribution >= 0.6 is 0 Å². The van der Waals surface area contributed by atoms with Crippen LogP contribution in [-0.2, 0) is 35.1 Å². The molecule has 1 aromatic carbocycles. The lowest BCUT2D eigenvalue weighted by atomic mass is 9.94. The lowest BCUT2D eigenvalue weighted by molar-refractivity contribution is -0.140. The van der Waals surface area contributed by atoms with Crippen LogP contribution in [0.2, 0.25) is 0 Å². The molecule has 2 aliphatic rings. The number of carbonyl (C=O) groups is 5. The van der Waals surface area contributed by atoms with E-state index in [0.717, 1.165) is 56.3 Å². The number of likely N-dealkylation sites (tertiary alicyclic amines) is 1. The molecule has 3 atom stereocenters. The van der Waals surface area contributed by atoms with Crippen molar-refractivity contribution in [3.8, 4) is 5.75 Å².